The van der Waals surface area contributed by atoms with Gasteiger partial charge in [-0.1, -0.05) is 6.07 Å². The van der Waals surface area contributed by atoms with Gasteiger partial charge in [-0.3, -0.25) is 4.79 Å². The maximum absolute atomic E-state index is 13.3. The molecule has 1 aromatic rings. The first-order chi connectivity index (χ1) is 6.70. The number of nitrogens with one attached hydrogen (secondary N) is 1. The zero-order valence-electron chi connectivity index (χ0n) is 7.44. The third kappa shape index (κ3) is 1.60. The van der Waals surface area contributed by atoms with Crippen molar-refractivity contribution in [3.05, 3.63) is 29.1 Å². The molecule has 1 aliphatic rings. The molecule has 0 aliphatic carbocycles. The summed E-state index contributed by atoms with van der Waals surface area (Å²) < 4.78 is 13.3. The molecule has 0 bridgehead atoms. The van der Waals surface area contributed by atoms with Crippen molar-refractivity contribution in [1.82, 2.24) is 0 Å². The molecular weight excluding hydrogens is 205 g/mol. The van der Waals surface area contributed by atoms with Crippen molar-refractivity contribution in [2.24, 2.45) is 0 Å². The summed E-state index contributed by atoms with van der Waals surface area (Å²) in [5.74, 6) is 0.00546. The molecule has 0 radical (unpaired) electrons. The lowest BCUT2D eigenvalue weighted by Gasteiger charge is -2.04. The highest BCUT2D eigenvalue weighted by Gasteiger charge is 2.19. The fourth-order valence-electron chi connectivity index (χ4n) is 1.59. The Balaban J connectivity index is 2.39. The van der Waals surface area contributed by atoms with Crippen molar-refractivity contribution < 1.29 is 9.18 Å². The zero-order valence-corrected chi connectivity index (χ0v) is 8.20. The van der Waals surface area contributed by atoms with Gasteiger partial charge >= 0.3 is 0 Å². The van der Waals surface area contributed by atoms with Crippen molar-refractivity contribution in [2.45, 2.75) is 12.8 Å². The van der Waals surface area contributed by atoms with E-state index < -0.39 is 0 Å². The topological polar surface area (TPSA) is 29.1 Å². The van der Waals surface area contributed by atoms with E-state index in [2.05, 4.69) is 5.32 Å². The van der Waals surface area contributed by atoms with Gasteiger partial charge in [0.25, 0.3) is 0 Å². The lowest BCUT2D eigenvalue weighted by Crippen LogP contribution is -2.03. The Morgan fingerprint density at radius 1 is 1.50 bits per heavy atom. The van der Waals surface area contributed by atoms with Crippen LogP contribution in [-0.4, -0.2) is 11.8 Å². The minimum Gasteiger partial charge on any atom is -0.325 e. The molecule has 74 valence electrons. The van der Waals surface area contributed by atoms with E-state index in [-0.39, 0.29) is 11.7 Å². The number of hydrogen-bond donors (Lipinski definition) is 1. The van der Waals surface area contributed by atoms with Crippen LogP contribution in [0.2, 0.25) is 0 Å². The van der Waals surface area contributed by atoms with Crippen LogP contribution in [0.1, 0.15) is 11.1 Å². The second kappa shape index (κ2) is 3.58. The second-order valence-corrected chi connectivity index (χ2v) is 3.64. The van der Waals surface area contributed by atoms with E-state index in [0.717, 1.165) is 5.56 Å². The summed E-state index contributed by atoms with van der Waals surface area (Å²) >= 11 is 5.54. The summed E-state index contributed by atoms with van der Waals surface area (Å²) in [7, 11) is 0. The Hall–Kier alpha value is -1.09. The first-order valence-corrected chi connectivity index (χ1v) is 4.91. The molecule has 2 rings (SSSR count). The van der Waals surface area contributed by atoms with Crippen molar-refractivity contribution in [3.63, 3.8) is 0 Å². The summed E-state index contributed by atoms with van der Waals surface area (Å²) in [6.07, 6.45) is 0.833. The molecule has 0 atom stereocenters. The number of fused-ring (bicyclic) bond motifs is 1. The summed E-state index contributed by atoms with van der Waals surface area (Å²) in [5, 5.41) is 2.60. The summed E-state index contributed by atoms with van der Waals surface area (Å²) in [6.45, 7) is 0. The number of carbonyl (C=O) groups excluding carboxylic acids is 1. The molecule has 0 spiro atoms. The largest absolute Gasteiger partial charge is 0.325 e. The van der Waals surface area contributed by atoms with Crippen molar-refractivity contribution in [1.29, 1.82) is 0 Å². The van der Waals surface area contributed by atoms with Crippen molar-refractivity contribution in [3.8, 4) is 0 Å². The number of alkyl halides is 1. The van der Waals surface area contributed by atoms with Gasteiger partial charge in [0.1, 0.15) is 5.82 Å². The number of halogens is 2. The average molecular weight is 214 g/mol. The molecule has 4 heteroatoms. The summed E-state index contributed by atoms with van der Waals surface area (Å²) in [5.41, 5.74) is 2.03. The molecule has 0 saturated carbocycles. The van der Waals surface area contributed by atoms with E-state index in [4.69, 9.17) is 11.6 Å². The maximum Gasteiger partial charge on any atom is 0.228 e. The van der Waals surface area contributed by atoms with Gasteiger partial charge in [-0.05, 0) is 23.6 Å². The number of anilines is 1. The van der Waals surface area contributed by atoms with Crippen LogP contribution in [0.25, 0.3) is 0 Å². The van der Waals surface area contributed by atoms with E-state index in [1.807, 2.05) is 0 Å². The summed E-state index contributed by atoms with van der Waals surface area (Å²) in [6, 6.07) is 3.08. The normalized spacial score (nSPS) is 14.0. The molecule has 0 fully saturated rings. The molecule has 1 heterocycles. The van der Waals surface area contributed by atoms with Crippen LogP contribution in [0.4, 0.5) is 10.1 Å². The molecule has 2 nitrogen and oxygen atoms in total. The molecule has 1 amide bonds. The smallest absolute Gasteiger partial charge is 0.228 e. The molecule has 1 aliphatic heterocycles. The van der Waals surface area contributed by atoms with Crippen LogP contribution in [0.15, 0.2) is 12.1 Å². The number of hydrogen-bond acceptors (Lipinski definition) is 1. The number of aryl methyl sites for hydroxylation is 1. The number of benzene rings is 1. The highest BCUT2D eigenvalue weighted by molar-refractivity contribution is 6.18. The van der Waals surface area contributed by atoms with Crippen LogP contribution in [-0.2, 0) is 17.6 Å². The minimum atomic E-state index is -0.299. The number of amides is 1. The third-order valence-electron chi connectivity index (χ3n) is 2.26. The average Bonchev–Trinajstić information content (AvgIpc) is 2.45. The highest BCUT2D eigenvalue weighted by Crippen LogP contribution is 2.26. The zero-order chi connectivity index (χ0) is 10.1. The van der Waals surface area contributed by atoms with E-state index in [0.29, 0.717) is 30.0 Å². The van der Waals surface area contributed by atoms with E-state index in [9.17, 15) is 9.18 Å². The predicted octanol–water partition coefficient (Wildman–Crippen LogP) is 2.10. The quantitative estimate of drug-likeness (QED) is 0.749. The molecule has 0 saturated heterocycles. The molecule has 14 heavy (non-hydrogen) atoms. The van der Waals surface area contributed by atoms with Crippen LogP contribution in [0.5, 0.6) is 0 Å². The third-order valence-corrected chi connectivity index (χ3v) is 2.45. The van der Waals surface area contributed by atoms with Gasteiger partial charge < -0.3 is 5.32 Å². The SMILES string of the molecule is O=C1Cc2cc(CCCl)c(F)cc2N1. The van der Waals surface area contributed by atoms with E-state index in [1.165, 1.54) is 6.07 Å². The van der Waals surface area contributed by atoms with E-state index in [1.54, 1.807) is 6.07 Å². The van der Waals surface area contributed by atoms with Gasteiger partial charge in [-0.15, -0.1) is 11.6 Å². The summed E-state index contributed by atoms with van der Waals surface area (Å²) in [4.78, 5) is 11.0. The van der Waals surface area contributed by atoms with Gasteiger partial charge in [0.05, 0.1) is 6.42 Å². The molecule has 0 aromatic heterocycles. The van der Waals surface area contributed by atoms with Gasteiger partial charge in [-0.25, -0.2) is 4.39 Å². The Labute approximate surface area is 86.1 Å². The van der Waals surface area contributed by atoms with Gasteiger partial charge in [-0.2, -0.15) is 0 Å². The minimum absolute atomic E-state index is 0.0811. The van der Waals surface area contributed by atoms with Gasteiger partial charge in [0.2, 0.25) is 5.91 Å². The number of rotatable bonds is 2. The molecule has 1 N–H and O–H groups in total. The predicted molar refractivity (Wildman–Crippen MR) is 53.2 cm³/mol. The van der Waals surface area contributed by atoms with Crippen LogP contribution in [0, 0.1) is 5.82 Å². The maximum atomic E-state index is 13.3. The van der Waals surface area contributed by atoms with Crippen molar-refractivity contribution in [2.75, 3.05) is 11.2 Å². The fourth-order valence-corrected chi connectivity index (χ4v) is 1.80. The van der Waals surface area contributed by atoms with Crippen LogP contribution < -0.4 is 5.32 Å². The van der Waals surface area contributed by atoms with Gasteiger partial charge in [0.15, 0.2) is 0 Å². The first kappa shape index (κ1) is 9.46. The van der Waals surface area contributed by atoms with E-state index >= 15 is 0 Å². The Kier molecular flexibility index (Phi) is 2.42. The van der Waals surface area contributed by atoms with Gasteiger partial charge in [0, 0.05) is 11.6 Å². The molecule has 1 aromatic carbocycles. The molecular formula is C10H9ClFNO. The fraction of sp³-hybridized carbons (Fsp3) is 0.300. The number of carbonyl (C=O) groups is 1. The lowest BCUT2D eigenvalue weighted by molar-refractivity contribution is -0.115. The second-order valence-electron chi connectivity index (χ2n) is 3.26. The van der Waals surface area contributed by atoms with Crippen LogP contribution >= 0.6 is 11.6 Å². The lowest BCUT2D eigenvalue weighted by atomic mass is 10.1. The monoisotopic (exact) mass is 213 g/mol. The Morgan fingerprint density at radius 3 is 3.00 bits per heavy atom. The Morgan fingerprint density at radius 2 is 2.29 bits per heavy atom. The molecule has 0 unspecified atom stereocenters. The van der Waals surface area contributed by atoms with Crippen LogP contribution in [0.3, 0.4) is 0 Å². The highest BCUT2D eigenvalue weighted by atomic mass is 35.5. The Bertz CT molecular complexity index is 392. The standard InChI is InChI=1S/C10H9ClFNO/c11-2-1-6-3-7-4-10(14)13-9(7)5-8(6)12/h3,5H,1-2,4H2,(H,13,14). The van der Waals surface area contributed by atoms with Crippen molar-refractivity contribution >= 4 is 23.2 Å². The first-order valence-electron chi connectivity index (χ1n) is 4.38.